The first-order chi connectivity index (χ1) is 9.22. The fourth-order valence-electron chi connectivity index (χ4n) is 2.69. The Bertz CT molecular complexity index is 736. The van der Waals surface area contributed by atoms with Crippen LogP contribution in [0.25, 0.3) is 16.6 Å². The highest BCUT2D eigenvalue weighted by molar-refractivity contribution is 5.87. The zero-order valence-electron chi connectivity index (χ0n) is 11.2. The molecule has 2 heterocycles. The highest BCUT2D eigenvalue weighted by Crippen LogP contribution is 2.26. The molecule has 0 atom stereocenters. The van der Waals surface area contributed by atoms with Gasteiger partial charge in [-0.2, -0.15) is 0 Å². The van der Waals surface area contributed by atoms with Gasteiger partial charge in [0.25, 0.3) is 0 Å². The van der Waals surface area contributed by atoms with Gasteiger partial charge in [0.15, 0.2) is 0 Å². The van der Waals surface area contributed by atoms with Crippen molar-refractivity contribution in [1.29, 1.82) is 0 Å². The SMILES string of the molecule is Cc1cc(CN)c(C)n1-c1cccc2ncccc12. The van der Waals surface area contributed by atoms with E-state index in [-0.39, 0.29) is 0 Å². The van der Waals surface area contributed by atoms with E-state index in [2.05, 4.69) is 41.6 Å². The molecule has 0 aliphatic heterocycles. The highest BCUT2D eigenvalue weighted by Gasteiger charge is 2.11. The standard InChI is InChI=1S/C16H17N3/c1-11-9-13(10-17)12(2)19(11)16-7-3-6-15-14(16)5-4-8-18-15/h3-9H,10,17H2,1-2H3. The number of fused-ring (bicyclic) bond motifs is 1. The maximum absolute atomic E-state index is 5.80. The van der Waals surface area contributed by atoms with Crippen molar-refractivity contribution in [3.8, 4) is 5.69 Å². The summed E-state index contributed by atoms with van der Waals surface area (Å²) in [6, 6.07) is 12.5. The second kappa shape index (κ2) is 4.52. The summed E-state index contributed by atoms with van der Waals surface area (Å²) in [5, 5.41) is 1.16. The van der Waals surface area contributed by atoms with Gasteiger partial charge >= 0.3 is 0 Å². The lowest BCUT2D eigenvalue weighted by Crippen LogP contribution is -2.02. The molecule has 0 saturated carbocycles. The number of aryl methyl sites for hydroxylation is 1. The van der Waals surface area contributed by atoms with Gasteiger partial charge in [-0.25, -0.2) is 0 Å². The molecule has 0 aliphatic carbocycles. The van der Waals surface area contributed by atoms with Gasteiger partial charge in [0.05, 0.1) is 11.2 Å². The van der Waals surface area contributed by atoms with E-state index in [9.17, 15) is 0 Å². The molecule has 19 heavy (non-hydrogen) atoms. The average molecular weight is 251 g/mol. The van der Waals surface area contributed by atoms with E-state index < -0.39 is 0 Å². The molecule has 0 aliphatic rings. The van der Waals surface area contributed by atoms with Crippen molar-refractivity contribution in [1.82, 2.24) is 9.55 Å². The summed E-state index contributed by atoms with van der Waals surface area (Å²) in [5.41, 5.74) is 11.6. The van der Waals surface area contributed by atoms with E-state index >= 15 is 0 Å². The van der Waals surface area contributed by atoms with Crippen LogP contribution in [0.3, 0.4) is 0 Å². The Labute approximate surface area is 112 Å². The van der Waals surface area contributed by atoms with Crippen LogP contribution < -0.4 is 5.73 Å². The van der Waals surface area contributed by atoms with Gasteiger partial charge in [0, 0.05) is 29.5 Å². The minimum atomic E-state index is 0.572. The van der Waals surface area contributed by atoms with E-state index in [1.54, 1.807) is 0 Å². The van der Waals surface area contributed by atoms with Gasteiger partial charge < -0.3 is 10.3 Å². The Morgan fingerprint density at radius 1 is 1.16 bits per heavy atom. The van der Waals surface area contributed by atoms with Gasteiger partial charge in [-0.1, -0.05) is 6.07 Å². The zero-order chi connectivity index (χ0) is 13.4. The number of nitrogens with zero attached hydrogens (tertiary/aromatic N) is 2. The van der Waals surface area contributed by atoms with Crippen LogP contribution in [0.1, 0.15) is 17.0 Å². The number of pyridine rings is 1. The summed E-state index contributed by atoms with van der Waals surface area (Å²) in [6.45, 7) is 4.80. The lowest BCUT2D eigenvalue weighted by molar-refractivity contribution is 0.949. The van der Waals surface area contributed by atoms with Gasteiger partial charge in [0.2, 0.25) is 0 Å². The van der Waals surface area contributed by atoms with E-state index in [4.69, 9.17) is 5.73 Å². The fraction of sp³-hybridized carbons (Fsp3) is 0.188. The lowest BCUT2D eigenvalue weighted by atomic mass is 10.1. The average Bonchev–Trinajstić information content (AvgIpc) is 2.73. The van der Waals surface area contributed by atoms with Crippen LogP contribution in [0.15, 0.2) is 42.6 Å². The van der Waals surface area contributed by atoms with Gasteiger partial charge in [-0.15, -0.1) is 0 Å². The van der Waals surface area contributed by atoms with Crippen LogP contribution >= 0.6 is 0 Å². The van der Waals surface area contributed by atoms with Crippen molar-refractivity contribution >= 4 is 10.9 Å². The lowest BCUT2D eigenvalue weighted by Gasteiger charge is -2.12. The van der Waals surface area contributed by atoms with Crippen molar-refractivity contribution in [3.05, 3.63) is 59.5 Å². The molecule has 0 radical (unpaired) electrons. The van der Waals surface area contributed by atoms with Gasteiger partial charge in [-0.05, 0) is 49.7 Å². The second-order valence-electron chi connectivity index (χ2n) is 4.78. The van der Waals surface area contributed by atoms with Crippen LogP contribution in [0.5, 0.6) is 0 Å². The predicted molar refractivity (Wildman–Crippen MR) is 78.4 cm³/mol. The number of benzene rings is 1. The predicted octanol–water partition coefficient (Wildman–Crippen LogP) is 3.10. The fourth-order valence-corrected chi connectivity index (χ4v) is 2.69. The van der Waals surface area contributed by atoms with Gasteiger partial charge in [0.1, 0.15) is 0 Å². The maximum Gasteiger partial charge on any atom is 0.0723 e. The number of nitrogens with two attached hydrogens (primary N) is 1. The number of rotatable bonds is 2. The Kier molecular flexibility index (Phi) is 2.84. The molecule has 3 rings (SSSR count). The largest absolute Gasteiger partial charge is 0.326 e. The molecule has 0 bridgehead atoms. The minimum Gasteiger partial charge on any atom is -0.326 e. The molecular formula is C16H17N3. The van der Waals surface area contributed by atoms with Crippen LogP contribution in [0.2, 0.25) is 0 Å². The quantitative estimate of drug-likeness (QED) is 0.760. The number of hydrogen-bond donors (Lipinski definition) is 1. The third kappa shape index (κ3) is 1.83. The van der Waals surface area contributed by atoms with E-state index in [1.165, 1.54) is 22.6 Å². The van der Waals surface area contributed by atoms with Crippen molar-refractivity contribution in [2.75, 3.05) is 0 Å². The number of aromatic nitrogens is 2. The van der Waals surface area contributed by atoms with E-state index in [0.29, 0.717) is 6.54 Å². The summed E-state index contributed by atoms with van der Waals surface area (Å²) in [5.74, 6) is 0. The molecule has 2 N–H and O–H groups in total. The summed E-state index contributed by atoms with van der Waals surface area (Å²) < 4.78 is 2.26. The Morgan fingerprint density at radius 2 is 2.00 bits per heavy atom. The second-order valence-corrected chi connectivity index (χ2v) is 4.78. The minimum absolute atomic E-state index is 0.572. The van der Waals surface area contributed by atoms with Crippen LogP contribution in [-0.4, -0.2) is 9.55 Å². The molecule has 3 nitrogen and oxygen atoms in total. The van der Waals surface area contributed by atoms with E-state index in [0.717, 1.165) is 10.9 Å². The molecule has 96 valence electrons. The molecule has 0 amide bonds. The molecule has 3 heteroatoms. The molecule has 0 fully saturated rings. The first-order valence-corrected chi connectivity index (χ1v) is 6.44. The van der Waals surface area contributed by atoms with Gasteiger partial charge in [-0.3, -0.25) is 4.98 Å². The Balaban J connectivity index is 2.34. The van der Waals surface area contributed by atoms with Crippen LogP contribution in [-0.2, 0) is 6.54 Å². The third-order valence-electron chi connectivity index (χ3n) is 3.62. The highest BCUT2D eigenvalue weighted by atomic mass is 15.0. The van der Waals surface area contributed by atoms with Crippen LogP contribution in [0, 0.1) is 13.8 Å². The Hall–Kier alpha value is -2.13. The van der Waals surface area contributed by atoms with Crippen molar-refractivity contribution in [3.63, 3.8) is 0 Å². The molecule has 0 spiro atoms. The maximum atomic E-state index is 5.80. The monoisotopic (exact) mass is 251 g/mol. The van der Waals surface area contributed by atoms with Crippen molar-refractivity contribution in [2.24, 2.45) is 5.73 Å². The summed E-state index contributed by atoms with van der Waals surface area (Å²) in [7, 11) is 0. The molecule has 0 saturated heterocycles. The summed E-state index contributed by atoms with van der Waals surface area (Å²) in [6.07, 6.45) is 1.83. The first-order valence-electron chi connectivity index (χ1n) is 6.44. The van der Waals surface area contributed by atoms with Crippen molar-refractivity contribution < 1.29 is 0 Å². The summed E-state index contributed by atoms with van der Waals surface area (Å²) >= 11 is 0. The molecule has 1 aromatic carbocycles. The Morgan fingerprint density at radius 3 is 2.74 bits per heavy atom. The van der Waals surface area contributed by atoms with E-state index in [1.807, 2.05) is 24.4 Å². The van der Waals surface area contributed by atoms with Crippen molar-refractivity contribution in [2.45, 2.75) is 20.4 Å². The molecule has 2 aromatic heterocycles. The first kappa shape index (κ1) is 11.9. The topological polar surface area (TPSA) is 43.8 Å². The molecule has 0 unspecified atom stereocenters. The zero-order valence-corrected chi connectivity index (χ0v) is 11.2. The molecular weight excluding hydrogens is 234 g/mol. The number of hydrogen-bond acceptors (Lipinski definition) is 2. The smallest absolute Gasteiger partial charge is 0.0723 e. The normalized spacial score (nSPS) is 11.1. The van der Waals surface area contributed by atoms with Crippen LogP contribution in [0.4, 0.5) is 0 Å². The molecule has 3 aromatic rings. The third-order valence-corrected chi connectivity index (χ3v) is 3.62. The summed E-state index contributed by atoms with van der Waals surface area (Å²) in [4.78, 5) is 4.42.